The van der Waals surface area contributed by atoms with Gasteiger partial charge in [0.25, 0.3) is 5.91 Å². The highest BCUT2D eigenvalue weighted by Gasteiger charge is 2.19. The second kappa shape index (κ2) is 10.5. The number of nitriles is 1. The Hall–Kier alpha value is -4.04. The molecule has 5 heteroatoms. The molecule has 0 atom stereocenters. The number of amides is 1. The molecule has 3 aromatic rings. The number of nitrogens with one attached hydrogen (secondary N) is 2. The molecule has 0 heterocycles. The van der Waals surface area contributed by atoms with Crippen molar-refractivity contribution >= 4 is 11.6 Å². The van der Waals surface area contributed by atoms with Gasteiger partial charge < -0.3 is 15.4 Å². The van der Waals surface area contributed by atoms with Crippen molar-refractivity contribution in [2.75, 3.05) is 11.9 Å². The normalized spacial score (nSPS) is 10.9. The van der Waals surface area contributed by atoms with Crippen molar-refractivity contribution in [3.8, 4) is 11.8 Å². The Morgan fingerprint density at radius 1 is 0.967 bits per heavy atom. The first-order valence-electron chi connectivity index (χ1n) is 9.72. The standard InChI is InChI=1S/C25H23N3O2/c1-2-30-23-16-10-9-15-22(23)27-18-21(17-26)25(29)28-24(19-11-5-3-6-12-19)20-13-7-4-8-14-20/h3-16,18,24,27H,2H2,1H3,(H,28,29)/b21-18-. The highest BCUT2D eigenvalue weighted by molar-refractivity contribution is 5.98. The largest absolute Gasteiger partial charge is 0.492 e. The molecule has 0 aromatic heterocycles. The third kappa shape index (κ3) is 5.27. The number of ether oxygens (including phenoxy) is 1. The number of anilines is 1. The molecular formula is C25H23N3O2. The van der Waals surface area contributed by atoms with E-state index in [1.165, 1.54) is 6.20 Å². The number of rotatable bonds is 8. The van der Waals surface area contributed by atoms with Crippen LogP contribution in [0.3, 0.4) is 0 Å². The number of para-hydroxylation sites is 2. The number of carbonyl (C=O) groups excluding carboxylic acids is 1. The van der Waals surface area contributed by atoms with Crippen molar-refractivity contribution in [1.29, 1.82) is 5.26 Å². The van der Waals surface area contributed by atoms with E-state index in [-0.39, 0.29) is 11.6 Å². The number of hydrogen-bond acceptors (Lipinski definition) is 4. The Labute approximate surface area is 176 Å². The van der Waals surface area contributed by atoms with Crippen LogP contribution in [-0.2, 0) is 4.79 Å². The van der Waals surface area contributed by atoms with Crippen molar-refractivity contribution in [3.05, 3.63) is 108 Å². The summed E-state index contributed by atoms with van der Waals surface area (Å²) in [7, 11) is 0. The van der Waals surface area contributed by atoms with Crippen molar-refractivity contribution in [1.82, 2.24) is 5.32 Å². The van der Waals surface area contributed by atoms with Crippen LogP contribution in [0, 0.1) is 11.3 Å². The summed E-state index contributed by atoms with van der Waals surface area (Å²) < 4.78 is 5.57. The predicted molar refractivity (Wildman–Crippen MR) is 118 cm³/mol. The molecule has 0 aliphatic rings. The fourth-order valence-electron chi connectivity index (χ4n) is 3.02. The van der Waals surface area contributed by atoms with Crippen LogP contribution in [0.5, 0.6) is 5.75 Å². The van der Waals surface area contributed by atoms with Crippen molar-refractivity contribution < 1.29 is 9.53 Å². The lowest BCUT2D eigenvalue weighted by Gasteiger charge is -2.19. The minimum Gasteiger partial charge on any atom is -0.492 e. The van der Waals surface area contributed by atoms with Gasteiger partial charge in [-0.3, -0.25) is 4.79 Å². The first-order chi connectivity index (χ1) is 14.7. The van der Waals surface area contributed by atoms with Crippen LogP contribution in [0.2, 0.25) is 0 Å². The molecule has 150 valence electrons. The topological polar surface area (TPSA) is 74.1 Å². The van der Waals surface area contributed by atoms with Crippen molar-refractivity contribution in [3.63, 3.8) is 0 Å². The highest BCUT2D eigenvalue weighted by Crippen LogP contribution is 2.24. The minimum atomic E-state index is -0.461. The third-order valence-corrected chi connectivity index (χ3v) is 4.47. The number of carbonyl (C=O) groups is 1. The first kappa shape index (κ1) is 20.7. The Morgan fingerprint density at radius 2 is 1.53 bits per heavy atom. The molecule has 0 unspecified atom stereocenters. The molecule has 0 aliphatic carbocycles. The average Bonchev–Trinajstić information content (AvgIpc) is 2.80. The molecule has 3 rings (SSSR count). The monoisotopic (exact) mass is 397 g/mol. The maximum atomic E-state index is 12.9. The molecule has 5 nitrogen and oxygen atoms in total. The Balaban J connectivity index is 1.82. The summed E-state index contributed by atoms with van der Waals surface area (Å²) in [5.74, 6) is 0.192. The number of hydrogen-bond donors (Lipinski definition) is 2. The SMILES string of the molecule is CCOc1ccccc1N/C=C(/C#N)C(=O)NC(c1ccccc1)c1ccccc1. The zero-order chi connectivity index (χ0) is 21.2. The summed E-state index contributed by atoms with van der Waals surface area (Å²) in [6.45, 7) is 2.41. The summed E-state index contributed by atoms with van der Waals surface area (Å²) in [5, 5.41) is 15.5. The van der Waals surface area contributed by atoms with Gasteiger partial charge in [-0.05, 0) is 30.2 Å². The van der Waals surface area contributed by atoms with Crippen molar-refractivity contribution in [2.24, 2.45) is 0 Å². The van der Waals surface area contributed by atoms with Crippen LogP contribution in [0.15, 0.2) is 96.7 Å². The second-order valence-electron chi connectivity index (χ2n) is 6.47. The van der Waals surface area contributed by atoms with E-state index in [9.17, 15) is 10.1 Å². The third-order valence-electron chi connectivity index (χ3n) is 4.47. The zero-order valence-electron chi connectivity index (χ0n) is 16.7. The van der Waals surface area contributed by atoms with Gasteiger partial charge in [-0.15, -0.1) is 0 Å². The van der Waals surface area contributed by atoms with E-state index in [4.69, 9.17) is 4.74 Å². The number of nitrogens with zero attached hydrogens (tertiary/aromatic N) is 1. The Bertz CT molecular complexity index is 1000. The summed E-state index contributed by atoms with van der Waals surface area (Å²) in [6, 6.07) is 28.3. The molecule has 1 amide bonds. The van der Waals surface area contributed by atoms with Gasteiger partial charge in [0.05, 0.1) is 18.3 Å². The molecule has 0 saturated carbocycles. The summed E-state index contributed by atoms with van der Waals surface area (Å²) in [6.07, 6.45) is 1.40. The minimum absolute atomic E-state index is 0.0295. The van der Waals surface area contributed by atoms with Gasteiger partial charge in [0.1, 0.15) is 17.4 Å². The lowest BCUT2D eigenvalue weighted by Crippen LogP contribution is -2.30. The van der Waals surface area contributed by atoms with E-state index in [1.54, 1.807) is 0 Å². The molecule has 30 heavy (non-hydrogen) atoms. The van der Waals surface area contributed by atoms with Gasteiger partial charge in [0, 0.05) is 6.20 Å². The quantitative estimate of drug-likeness (QED) is 0.423. The maximum Gasteiger partial charge on any atom is 0.264 e. The fourth-order valence-corrected chi connectivity index (χ4v) is 3.02. The van der Waals surface area contributed by atoms with Gasteiger partial charge in [0.2, 0.25) is 0 Å². The molecule has 2 N–H and O–H groups in total. The van der Waals surface area contributed by atoms with Gasteiger partial charge in [-0.2, -0.15) is 5.26 Å². The molecule has 0 aliphatic heterocycles. The van der Waals surface area contributed by atoms with E-state index < -0.39 is 5.91 Å². The van der Waals surface area contributed by atoms with E-state index >= 15 is 0 Å². The zero-order valence-corrected chi connectivity index (χ0v) is 16.7. The molecule has 0 radical (unpaired) electrons. The van der Waals surface area contributed by atoms with E-state index in [0.717, 1.165) is 11.1 Å². The number of benzene rings is 3. The van der Waals surface area contributed by atoms with Gasteiger partial charge in [-0.25, -0.2) is 0 Å². The summed E-state index contributed by atoms with van der Waals surface area (Å²) in [5.41, 5.74) is 2.52. The average molecular weight is 397 g/mol. The summed E-state index contributed by atoms with van der Waals surface area (Å²) >= 11 is 0. The van der Waals surface area contributed by atoms with Crippen LogP contribution < -0.4 is 15.4 Å². The maximum absolute atomic E-state index is 12.9. The van der Waals surface area contributed by atoms with Crippen LogP contribution in [0.4, 0.5) is 5.69 Å². The Morgan fingerprint density at radius 3 is 2.10 bits per heavy atom. The van der Waals surface area contributed by atoms with Crippen molar-refractivity contribution in [2.45, 2.75) is 13.0 Å². The highest BCUT2D eigenvalue weighted by atomic mass is 16.5. The van der Waals surface area contributed by atoms with E-state index in [0.29, 0.717) is 18.0 Å². The lowest BCUT2D eigenvalue weighted by atomic mass is 9.98. The second-order valence-corrected chi connectivity index (χ2v) is 6.47. The van der Waals surface area contributed by atoms with E-state index in [2.05, 4.69) is 10.6 Å². The summed E-state index contributed by atoms with van der Waals surface area (Å²) in [4.78, 5) is 12.9. The van der Waals surface area contributed by atoms with E-state index in [1.807, 2.05) is 97.9 Å². The molecule has 0 spiro atoms. The molecule has 0 saturated heterocycles. The first-order valence-corrected chi connectivity index (χ1v) is 9.72. The van der Waals surface area contributed by atoms with Crippen LogP contribution in [0.25, 0.3) is 0 Å². The van der Waals surface area contributed by atoms with Gasteiger partial charge in [-0.1, -0.05) is 72.8 Å². The molecular weight excluding hydrogens is 374 g/mol. The Kier molecular flexibility index (Phi) is 7.23. The lowest BCUT2D eigenvalue weighted by molar-refractivity contribution is -0.117. The van der Waals surface area contributed by atoms with Gasteiger partial charge >= 0.3 is 0 Å². The molecule has 0 bridgehead atoms. The molecule has 0 fully saturated rings. The van der Waals surface area contributed by atoms with Crippen LogP contribution >= 0.6 is 0 Å². The van der Waals surface area contributed by atoms with Crippen LogP contribution in [0.1, 0.15) is 24.1 Å². The molecule has 3 aromatic carbocycles. The van der Waals surface area contributed by atoms with Crippen LogP contribution in [-0.4, -0.2) is 12.5 Å². The smallest absolute Gasteiger partial charge is 0.264 e. The predicted octanol–water partition coefficient (Wildman–Crippen LogP) is 4.81. The fraction of sp³-hybridized carbons (Fsp3) is 0.120. The van der Waals surface area contributed by atoms with Gasteiger partial charge in [0.15, 0.2) is 0 Å².